The van der Waals surface area contributed by atoms with Crippen LogP contribution in [0.1, 0.15) is 30.3 Å². The number of rotatable bonds is 6. The van der Waals surface area contributed by atoms with Crippen molar-refractivity contribution in [3.8, 4) is 28.4 Å². The lowest BCUT2D eigenvalue weighted by Gasteiger charge is -2.29. The van der Waals surface area contributed by atoms with E-state index in [1.54, 1.807) is 11.0 Å². The Labute approximate surface area is 223 Å². The smallest absolute Gasteiger partial charge is 0.237 e. The number of carbonyl (C=O) groups is 1. The SMILES string of the molecule is CCc1cc(O)c(F)cc1-c1cc(F)c2c(-c3nc4c([nH]3)CCN(C(=O)CN(C)C3CCOC3)C4)n[nH]c2c1. The van der Waals surface area contributed by atoms with Crippen molar-refractivity contribution in [1.29, 1.82) is 0 Å². The fraction of sp³-hybridized carbons (Fsp3) is 0.393. The van der Waals surface area contributed by atoms with Gasteiger partial charge >= 0.3 is 0 Å². The largest absolute Gasteiger partial charge is 0.505 e. The Morgan fingerprint density at radius 3 is 2.87 bits per heavy atom. The number of imidazole rings is 1. The van der Waals surface area contributed by atoms with E-state index in [2.05, 4.69) is 15.2 Å². The maximum atomic E-state index is 15.5. The summed E-state index contributed by atoms with van der Waals surface area (Å²) in [5.74, 6) is -1.25. The van der Waals surface area contributed by atoms with Crippen LogP contribution in [0.4, 0.5) is 8.78 Å². The number of nitrogens with zero attached hydrogens (tertiary/aromatic N) is 4. The summed E-state index contributed by atoms with van der Waals surface area (Å²) in [6.07, 6.45) is 2.09. The number of ether oxygens (including phenoxy) is 1. The number of H-pyrrole nitrogens is 2. The molecule has 39 heavy (non-hydrogen) atoms. The highest BCUT2D eigenvalue weighted by molar-refractivity contribution is 5.94. The van der Waals surface area contributed by atoms with Gasteiger partial charge in [-0.1, -0.05) is 6.92 Å². The second-order valence-corrected chi connectivity index (χ2v) is 10.3. The molecule has 1 saturated heterocycles. The van der Waals surface area contributed by atoms with Crippen LogP contribution < -0.4 is 0 Å². The maximum Gasteiger partial charge on any atom is 0.237 e. The van der Waals surface area contributed by atoms with Gasteiger partial charge in [0.1, 0.15) is 11.5 Å². The molecule has 0 saturated carbocycles. The van der Waals surface area contributed by atoms with E-state index in [0.717, 1.165) is 24.4 Å². The van der Waals surface area contributed by atoms with Crippen molar-refractivity contribution < 1.29 is 23.4 Å². The van der Waals surface area contributed by atoms with Gasteiger partial charge in [-0.3, -0.25) is 14.8 Å². The predicted molar refractivity (Wildman–Crippen MR) is 141 cm³/mol. The van der Waals surface area contributed by atoms with E-state index in [0.29, 0.717) is 72.8 Å². The zero-order valence-electron chi connectivity index (χ0n) is 21.9. The molecule has 11 heteroatoms. The molecule has 4 heterocycles. The normalized spacial score (nSPS) is 17.4. The molecule has 4 aromatic rings. The Kier molecular flexibility index (Phi) is 6.56. The van der Waals surface area contributed by atoms with Crippen LogP contribution in [-0.2, 0) is 28.9 Å². The number of aromatic hydroxyl groups is 1. The topological polar surface area (TPSA) is 110 Å². The van der Waals surface area contributed by atoms with Crippen LogP contribution in [0.5, 0.6) is 5.75 Å². The third-order valence-electron chi connectivity index (χ3n) is 7.81. The summed E-state index contributed by atoms with van der Waals surface area (Å²) in [6.45, 7) is 4.53. The van der Waals surface area contributed by atoms with Crippen LogP contribution in [0.2, 0.25) is 0 Å². The molecule has 0 aliphatic carbocycles. The summed E-state index contributed by atoms with van der Waals surface area (Å²) in [4.78, 5) is 24.8. The molecule has 2 aromatic heterocycles. The summed E-state index contributed by atoms with van der Waals surface area (Å²) in [5, 5.41) is 17.3. The van der Waals surface area contributed by atoms with Crippen LogP contribution in [0.3, 0.4) is 0 Å². The molecule has 9 nitrogen and oxygen atoms in total. The zero-order chi connectivity index (χ0) is 27.3. The number of aromatic nitrogens is 4. The molecule has 2 aliphatic heterocycles. The minimum Gasteiger partial charge on any atom is -0.505 e. The zero-order valence-corrected chi connectivity index (χ0v) is 21.9. The molecule has 2 aromatic carbocycles. The van der Waals surface area contributed by atoms with Crippen LogP contribution in [0.25, 0.3) is 33.5 Å². The molecule has 0 spiro atoms. The number of benzene rings is 2. The van der Waals surface area contributed by atoms with Gasteiger partial charge in [-0.05, 0) is 60.8 Å². The van der Waals surface area contributed by atoms with Gasteiger partial charge in [0.05, 0.1) is 36.3 Å². The number of hydrogen-bond acceptors (Lipinski definition) is 6. The number of aryl methyl sites for hydroxylation is 1. The number of hydrogen-bond donors (Lipinski definition) is 3. The van der Waals surface area contributed by atoms with Crippen molar-refractivity contribution in [2.45, 2.75) is 38.8 Å². The maximum absolute atomic E-state index is 15.5. The summed E-state index contributed by atoms with van der Waals surface area (Å²) in [6, 6.07) is 5.92. The molecular weight excluding hydrogens is 506 g/mol. The minimum absolute atomic E-state index is 0.0421. The van der Waals surface area contributed by atoms with Gasteiger partial charge < -0.3 is 19.7 Å². The van der Waals surface area contributed by atoms with E-state index < -0.39 is 17.4 Å². The van der Waals surface area contributed by atoms with Crippen LogP contribution in [0, 0.1) is 11.6 Å². The average Bonchev–Trinajstić information content (AvgIpc) is 3.68. The molecular formula is C28H30F2N6O3. The highest BCUT2D eigenvalue weighted by Gasteiger charge is 2.28. The van der Waals surface area contributed by atoms with Crippen molar-refractivity contribution in [3.05, 3.63) is 52.9 Å². The van der Waals surface area contributed by atoms with E-state index >= 15 is 4.39 Å². The van der Waals surface area contributed by atoms with Crippen molar-refractivity contribution in [2.24, 2.45) is 0 Å². The summed E-state index contributed by atoms with van der Waals surface area (Å²) in [7, 11) is 1.95. The molecule has 1 amide bonds. The first-order valence-corrected chi connectivity index (χ1v) is 13.2. The minimum atomic E-state index is -0.763. The van der Waals surface area contributed by atoms with E-state index in [4.69, 9.17) is 9.72 Å². The summed E-state index contributed by atoms with van der Waals surface area (Å²) in [5.41, 5.74) is 4.13. The molecule has 1 unspecified atom stereocenters. The lowest BCUT2D eigenvalue weighted by molar-refractivity contribution is -0.133. The van der Waals surface area contributed by atoms with Gasteiger partial charge in [0, 0.05) is 31.3 Å². The predicted octanol–water partition coefficient (Wildman–Crippen LogP) is 3.77. The Balaban J connectivity index is 1.26. The van der Waals surface area contributed by atoms with Gasteiger partial charge in [-0.25, -0.2) is 13.8 Å². The lowest BCUT2D eigenvalue weighted by atomic mass is 9.96. The number of phenolic OH excluding ortho intramolecular Hbond substituents is 1. The summed E-state index contributed by atoms with van der Waals surface area (Å²) < 4.78 is 35.1. The number of amides is 1. The fourth-order valence-corrected chi connectivity index (χ4v) is 5.53. The third kappa shape index (κ3) is 4.65. The van der Waals surface area contributed by atoms with E-state index in [1.165, 1.54) is 18.2 Å². The van der Waals surface area contributed by atoms with Gasteiger partial charge in [0.15, 0.2) is 17.4 Å². The number of halogens is 2. The van der Waals surface area contributed by atoms with Gasteiger partial charge in [-0.2, -0.15) is 5.10 Å². The summed E-state index contributed by atoms with van der Waals surface area (Å²) >= 11 is 0. The monoisotopic (exact) mass is 536 g/mol. The Bertz CT molecular complexity index is 1560. The van der Waals surface area contributed by atoms with Crippen LogP contribution in [0.15, 0.2) is 24.3 Å². The second-order valence-electron chi connectivity index (χ2n) is 10.3. The number of nitrogens with one attached hydrogen (secondary N) is 2. The average molecular weight is 537 g/mol. The quantitative estimate of drug-likeness (QED) is 0.346. The standard InChI is InChI=1S/C28H30F2N6O3/c1-3-15-10-24(37)19(29)11-18(15)16-8-20(30)26-22(9-16)33-34-27(26)28-31-21-4-6-36(12-23(21)32-28)25(38)13-35(2)17-5-7-39-14-17/h8-11,17,37H,3-7,12-14H2,1-2H3,(H,31,32)(H,33,34). The number of carbonyl (C=O) groups excluding carboxylic acids is 1. The van der Waals surface area contributed by atoms with Crippen LogP contribution >= 0.6 is 0 Å². The van der Waals surface area contributed by atoms with Crippen molar-refractivity contribution in [2.75, 3.05) is 33.4 Å². The van der Waals surface area contributed by atoms with Crippen molar-refractivity contribution in [1.82, 2.24) is 30.0 Å². The lowest BCUT2D eigenvalue weighted by Crippen LogP contribution is -2.44. The molecule has 2 aliphatic rings. The number of likely N-dealkylation sites (N-methyl/N-ethyl adjacent to an activating group) is 1. The van der Waals surface area contributed by atoms with E-state index in [9.17, 15) is 14.3 Å². The first-order chi connectivity index (χ1) is 18.8. The molecule has 3 N–H and O–H groups in total. The third-order valence-corrected chi connectivity index (χ3v) is 7.81. The van der Waals surface area contributed by atoms with Gasteiger partial charge in [0.2, 0.25) is 5.91 Å². The highest BCUT2D eigenvalue weighted by Crippen LogP contribution is 2.35. The van der Waals surface area contributed by atoms with Crippen LogP contribution in [-0.4, -0.2) is 80.4 Å². The molecule has 6 rings (SSSR count). The first kappa shape index (κ1) is 25.4. The Hall–Kier alpha value is -3.83. The Morgan fingerprint density at radius 2 is 2.10 bits per heavy atom. The van der Waals surface area contributed by atoms with E-state index in [1.807, 2.05) is 18.9 Å². The van der Waals surface area contributed by atoms with Crippen molar-refractivity contribution in [3.63, 3.8) is 0 Å². The molecule has 1 atom stereocenters. The first-order valence-electron chi connectivity index (χ1n) is 13.2. The molecule has 0 bridgehead atoms. The second kappa shape index (κ2) is 10.0. The number of aromatic amines is 2. The van der Waals surface area contributed by atoms with E-state index in [-0.39, 0.29) is 17.3 Å². The highest BCUT2D eigenvalue weighted by atomic mass is 19.1. The van der Waals surface area contributed by atoms with Crippen molar-refractivity contribution >= 4 is 16.8 Å². The molecule has 1 fully saturated rings. The number of phenols is 1. The molecule has 204 valence electrons. The van der Waals surface area contributed by atoms with Gasteiger partial charge in [0.25, 0.3) is 0 Å². The van der Waals surface area contributed by atoms with Gasteiger partial charge in [-0.15, -0.1) is 0 Å². The fourth-order valence-electron chi connectivity index (χ4n) is 5.53. The number of fused-ring (bicyclic) bond motifs is 2. The molecule has 0 radical (unpaired) electrons. The Morgan fingerprint density at radius 1 is 1.26 bits per heavy atom.